The van der Waals surface area contributed by atoms with Crippen molar-refractivity contribution in [1.29, 1.82) is 0 Å². The van der Waals surface area contributed by atoms with Crippen molar-refractivity contribution in [2.24, 2.45) is 0 Å². The predicted molar refractivity (Wildman–Crippen MR) is 128 cm³/mol. The number of hydrogen-bond acceptors (Lipinski definition) is 3. The standard InChI is InChI=1S/C23H24N4.2ClH/c1-26(2)20-14-12-18(13-15-20)16-24-23-25-21-10-6-7-11-22(21)27(23)17-19-8-4-3-5-9-19;;/h3-15H,16-17H2,1-2H3,(H,24,25);2*1H. The Hall–Kier alpha value is -2.69. The minimum atomic E-state index is 0. The highest BCUT2D eigenvalue weighted by molar-refractivity contribution is 5.85. The maximum absolute atomic E-state index is 4.81. The van der Waals surface area contributed by atoms with Crippen molar-refractivity contribution >= 4 is 47.5 Å². The Balaban J connectivity index is 0.00000150. The van der Waals surface area contributed by atoms with Crippen molar-refractivity contribution in [3.05, 3.63) is 90.0 Å². The Labute approximate surface area is 184 Å². The normalized spacial score (nSPS) is 10.1. The van der Waals surface area contributed by atoms with Crippen LogP contribution in [0.15, 0.2) is 78.9 Å². The van der Waals surface area contributed by atoms with Gasteiger partial charge in [-0.3, -0.25) is 0 Å². The fourth-order valence-electron chi connectivity index (χ4n) is 3.23. The van der Waals surface area contributed by atoms with Crippen molar-refractivity contribution in [3.8, 4) is 0 Å². The average molecular weight is 429 g/mol. The zero-order valence-corrected chi connectivity index (χ0v) is 18.2. The Morgan fingerprint density at radius 1 is 0.793 bits per heavy atom. The van der Waals surface area contributed by atoms with Gasteiger partial charge >= 0.3 is 0 Å². The van der Waals surface area contributed by atoms with E-state index in [9.17, 15) is 0 Å². The molecule has 0 aliphatic heterocycles. The van der Waals surface area contributed by atoms with Crippen LogP contribution in [0.2, 0.25) is 0 Å². The van der Waals surface area contributed by atoms with Crippen molar-refractivity contribution < 1.29 is 0 Å². The molecule has 0 amide bonds. The lowest BCUT2D eigenvalue weighted by molar-refractivity contribution is 0.822. The molecule has 4 nitrogen and oxygen atoms in total. The smallest absolute Gasteiger partial charge is 0.204 e. The molecule has 4 aromatic rings. The van der Waals surface area contributed by atoms with E-state index in [1.165, 1.54) is 16.8 Å². The van der Waals surface area contributed by atoms with E-state index >= 15 is 0 Å². The molecule has 152 valence electrons. The number of imidazole rings is 1. The minimum absolute atomic E-state index is 0. The van der Waals surface area contributed by atoms with E-state index in [0.717, 1.165) is 30.1 Å². The van der Waals surface area contributed by atoms with Gasteiger partial charge in [-0.2, -0.15) is 0 Å². The maximum atomic E-state index is 4.81. The van der Waals surface area contributed by atoms with Gasteiger partial charge in [0.25, 0.3) is 0 Å². The van der Waals surface area contributed by atoms with Gasteiger partial charge in [0.1, 0.15) is 0 Å². The summed E-state index contributed by atoms with van der Waals surface area (Å²) < 4.78 is 2.25. The molecule has 1 heterocycles. The summed E-state index contributed by atoms with van der Waals surface area (Å²) in [7, 11) is 4.11. The fraction of sp³-hybridized carbons (Fsp3) is 0.174. The van der Waals surface area contributed by atoms with Crippen molar-refractivity contribution in [1.82, 2.24) is 9.55 Å². The van der Waals surface area contributed by atoms with Crippen LogP contribution in [0.25, 0.3) is 11.0 Å². The first-order chi connectivity index (χ1) is 13.2. The van der Waals surface area contributed by atoms with E-state index in [1.54, 1.807) is 0 Å². The molecular weight excluding hydrogens is 403 g/mol. The van der Waals surface area contributed by atoms with Gasteiger partial charge in [-0.05, 0) is 35.4 Å². The number of fused-ring (bicyclic) bond motifs is 1. The van der Waals surface area contributed by atoms with E-state index in [1.807, 2.05) is 12.1 Å². The Morgan fingerprint density at radius 3 is 2.14 bits per heavy atom. The molecule has 29 heavy (non-hydrogen) atoms. The molecule has 0 unspecified atom stereocenters. The van der Waals surface area contributed by atoms with Crippen LogP contribution in [-0.2, 0) is 13.1 Å². The van der Waals surface area contributed by atoms with Gasteiger partial charge in [-0.25, -0.2) is 4.98 Å². The number of aromatic nitrogens is 2. The molecule has 0 saturated heterocycles. The molecule has 0 atom stereocenters. The van der Waals surface area contributed by atoms with Crippen LogP contribution < -0.4 is 10.2 Å². The number of hydrogen-bond donors (Lipinski definition) is 1. The molecule has 4 rings (SSSR count). The van der Waals surface area contributed by atoms with Crippen LogP contribution in [-0.4, -0.2) is 23.6 Å². The first kappa shape index (κ1) is 22.6. The Bertz CT molecular complexity index is 1030. The Kier molecular flexibility index (Phi) is 7.94. The summed E-state index contributed by atoms with van der Waals surface area (Å²) in [6.07, 6.45) is 0. The summed E-state index contributed by atoms with van der Waals surface area (Å²) >= 11 is 0. The molecule has 0 spiro atoms. The summed E-state index contributed by atoms with van der Waals surface area (Å²) in [6, 6.07) is 27.4. The van der Waals surface area contributed by atoms with Crippen molar-refractivity contribution in [3.63, 3.8) is 0 Å². The maximum Gasteiger partial charge on any atom is 0.204 e. The first-order valence-corrected chi connectivity index (χ1v) is 9.20. The quantitative estimate of drug-likeness (QED) is 0.433. The van der Waals surface area contributed by atoms with Crippen LogP contribution in [0, 0.1) is 0 Å². The van der Waals surface area contributed by atoms with Crippen LogP contribution in [0.4, 0.5) is 11.6 Å². The highest BCUT2D eigenvalue weighted by Crippen LogP contribution is 2.22. The average Bonchev–Trinajstić information content (AvgIpc) is 3.05. The SMILES string of the molecule is CN(C)c1ccc(CNc2nc3ccccc3n2Cc2ccccc2)cc1.Cl.Cl. The number of nitrogens with zero attached hydrogens (tertiary/aromatic N) is 3. The third-order valence-electron chi connectivity index (χ3n) is 4.74. The van der Waals surface area contributed by atoms with E-state index < -0.39 is 0 Å². The number of nitrogens with one attached hydrogen (secondary N) is 1. The second-order valence-electron chi connectivity index (χ2n) is 6.91. The van der Waals surface area contributed by atoms with Crippen molar-refractivity contribution in [2.45, 2.75) is 13.1 Å². The molecule has 0 aliphatic rings. The summed E-state index contributed by atoms with van der Waals surface area (Å²) in [4.78, 5) is 6.92. The predicted octanol–water partition coefficient (Wildman–Crippen LogP) is 5.61. The van der Waals surface area contributed by atoms with Crippen LogP contribution >= 0.6 is 24.8 Å². The molecule has 0 bridgehead atoms. The summed E-state index contributed by atoms with van der Waals surface area (Å²) in [5, 5.41) is 3.53. The molecule has 1 aromatic heterocycles. The topological polar surface area (TPSA) is 33.1 Å². The summed E-state index contributed by atoms with van der Waals surface area (Å²) in [5.41, 5.74) is 5.86. The van der Waals surface area contributed by atoms with E-state index in [0.29, 0.717) is 0 Å². The number of rotatable bonds is 6. The second-order valence-corrected chi connectivity index (χ2v) is 6.91. The largest absolute Gasteiger partial charge is 0.378 e. The third kappa shape index (κ3) is 5.22. The second kappa shape index (κ2) is 10.2. The molecule has 3 aromatic carbocycles. The van der Waals surface area contributed by atoms with Gasteiger partial charge in [0.15, 0.2) is 0 Å². The van der Waals surface area contributed by atoms with E-state index in [-0.39, 0.29) is 24.8 Å². The summed E-state index contributed by atoms with van der Waals surface area (Å²) in [6.45, 7) is 1.54. The lowest BCUT2D eigenvalue weighted by Gasteiger charge is -2.14. The van der Waals surface area contributed by atoms with Crippen molar-refractivity contribution in [2.75, 3.05) is 24.3 Å². The van der Waals surface area contributed by atoms with Crippen LogP contribution in [0.5, 0.6) is 0 Å². The lowest BCUT2D eigenvalue weighted by Crippen LogP contribution is -2.10. The molecular formula is C23H26Cl2N4. The number of para-hydroxylation sites is 2. The van der Waals surface area contributed by atoms with Gasteiger partial charge in [0.2, 0.25) is 5.95 Å². The van der Waals surface area contributed by atoms with Gasteiger partial charge in [-0.1, -0.05) is 54.6 Å². The number of benzene rings is 3. The number of anilines is 2. The van der Waals surface area contributed by atoms with Gasteiger partial charge in [-0.15, -0.1) is 24.8 Å². The zero-order valence-electron chi connectivity index (χ0n) is 16.6. The van der Waals surface area contributed by atoms with Gasteiger partial charge in [0, 0.05) is 26.3 Å². The highest BCUT2D eigenvalue weighted by Gasteiger charge is 2.10. The Morgan fingerprint density at radius 2 is 1.45 bits per heavy atom. The first-order valence-electron chi connectivity index (χ1n) is 9.20. The molecule has 0 aliphatic carbocycles. The third-order valence-corrected chi connectivity index (χ3v) is 4.74. The monoisotopic (exact) mass is 428 g/mol. The molecule has 1 N–H and O–H groups in total. The summed E-state index contributed by atoms with van der Waals surface area (Å²) in [5.74, 6) is 0.900. The number of halogens is 2. The van der Waals surface area contributed by atoms with E-state index in [2.05, 4.69) is 95.6 Å². The molecule has 0 saturated carbocycles. The van der Waals surface area contributed by atoms with Crippen LogP contribution in [0.1, 0.15) is 11.1 Å². The highest BCUT2D eigenvalue weighted by atomic mass is 35.5. The molecule has 0 radical (unpaired) electrons. The van der Waals surface area contributed by atoms with Gasteiger partial charge < -0.3 is 14.8 Å². The molecule has 0 fully saturated rings. The lowest BCUT2D eigenvalue weighted by atomic mass is 10.2. The fourth-order valence-corrected chi connectivity index (χ4v) is 3.23. The van der Waals surface area contributed by atoms with Gasteiger partial charge in [0.05, 0.1) is 17.6 Å². The minimum Gasteiger partial charge on any atom is -0.378 e. The van der Waals surface area contributed by atoms with E-state index in [4.69, 9.17) is 4.98 Å². The molecule has 6 heteroatoms. The van der Waals surface area contributed by atoms with Crippen LogP contribution in [0.3, 0.4) is 0 Å². The zero-order chi connectivity index (χ0) is 18.6.